The van der Waals surface area contributed by atoms with Gasteiger partial charge in [-0.2, -0.15) is 5.26 Å². The van der Waals surface area contributed by atoms with E-state index in [4.69, 9.17) is 9.68 Å². The molecular formula is C9H11N3O3S2. The van der Waals surface area contributed by atoms with Crippen molar-refractivity contribution in [2.24, 2.45) is 5.92 Å². The number of thioether (sulfide) groups is 1. The molecule has 0 saturated carbocycles. The molecule has 1 fully saturated rings. The zero-order valence-corrected chi connectivity index (χ0v) is 10.6. The molecular weight excluding hydrogens is 262 g/mol. The van der Waals surface area contributed by atoms with E-state index in [1.807, 2.05) is 6.07 Å². The summed E-state index contributed by atoms with van der Waals surface area (Å²) < 4.78 is 27.9. The van der Waals surface area contributed by atoms with Crippen LogP contribution in [0.4, 0.5) is 0 Å². The van der Waals surface area contributed by atoms with Crippen LogP contribution < -0.4 is 0 Å². The maximum Gasteiger partial charge on any atom is 0.277 e. The third-order valence-electron chi connectivity index (χ3n) is 2.50. The number of sulfone groups is 1. The van der Waals surface area contributed by atoms with Crippen LogP contribution in [0.2, 0.25) is 0 Å². The second kappa shape index (κ2) is 5.06. The highest BCUT2D eigenvalue weighted by Crippen LogP contribution is 2.23. The van der Waals surface area contributed by atoms with Crippen molar-refractivity contribution >= 4 is 21.6 Å². The van der Waals surface area contributed by atoms with Crippen molar-refractivity contribution in [2.75, 3.05) is 17.3 Å². The van der Waals surface area contributed by atoms with Crippen molar-refractivity contribution in [1.29, 1.82) is 5.26 Å². The minimum atomic E-state index is -2.86. The van der Waals surface area contributed by atoms with E-state index in [1.54, 1.807) is 0 Å². The van der Waals surface area contributed by atoms with Crippen molar-refractivity contribution in [3.8, 4) is 6.07 Å². The molecule has 1 aliphatic heterocycles. The van der Waals surface area contributed by atoms with Gasteiger partial charge in [0.05, 0.1) is 23.3 Å². The molecule has 8 heteroatoms. The van der Waals surface area contributed by atoms with Gasteiger partial charge >= 0.3 is 0 Å². The lowest BCUT2D eigenvalue weighted by Gasteiger charge is -2.01. The van der Waals surface area contributed by atoms with E-state index in [0.29, 0.717) is 24.0 Å². The summed E-state index contributed by atoms with van der Waals surface area (Å²) in [4.78, 5) is 0. The largest absolute Gasteiger partial charge is 0.416 e. The molecule has 1 atom stereocenters. The first kappa shape index (κ1) is 12.4. The molecule has 92 valence electrons. The topological polar surface area (TPSA) is 96.9 Å². The van der Waals surface area contributed by atoms with E-state index < -0.39 is 9.84 Å². The Morgan fingerprint density at radius 3 is 3.00 bits per heavy atom. The summed E-state index contributed by atoms with van der Waals surface area (Å²) in [6, 6.07) is 1.97. The Hall–Kier alpha value is -1.07. The third kappa shape index (κ3) is 3.44. The molecule has 2 heterocycles. The highest BCUT2D eigenvalue weighted by atomic mass is 32.2. The minimum absolute atomic E-state index is 0.0780. The van der Waals surface area contributed by atoms with Crippen molar-refractivity contribution < 1.29 is 12.8 Å². The van der Waals surface area contributed by atoms with Gasteiger partial charge in [0.2, 0.25) is 5.89 Å². The summed E-state index contributed by atoms with van der Waals surface area (Å²) in [5, 5.41) is 16.4. The fraction of sp³-hybridized carbons (Fsp3) is 0.667. The zero-order chi connectivity index (χ0) is 12.3. The quantitative estimate of drug-likeness (QED) is 0.743. The highest BCUT2D eigenvalue weighted by Gasteiger charge is 2.29. The molecule has 0 spiro atoms. The lowest BCUT2D eigenvalue weighted by molar-refractivity contribution is 0.389. The zero-order valence-electron chi connectivity index (χ0n) is 9.00. The summed E-state index contributed by atoms with van der Waals surface area (Å²) in [7, 11) is -2.86. The maximum absolute atomic E-state index is 11.3. The number of hydrogen-bond donors (Lipinski definition) is 0. The third-order valence-corrected chi connectivity index (χ3v) is 5.02. The lowest BCUT2D eigenvalue weighted by atomic mass is 10.1. The number of hydrogen-bond acceptors (Lipinski definition) is 7. The number of aromatic nitrogens is 2. The normalized spacial score (nSPS) is 22.4. The Labute approximate surface area is 103 Å². The Bertz CT molecular complexity index is 532. The Kier molecular flexibility index (Phi) is 3.69. The molecule has 1 aromatic heterocycles. The van der Waals surface area contributed by atoms with Crippen LogP contribution >= 0.6 is 11.8 Å². The molecule has 0 unspecified atom stereocenters. The molecule has 0 amide bonds. The Morgan fingerprint density at radius 1 is 1.53 bits per heavy atom. The van der Waals surface area contributed by atoms with Gasteiger partial charge in [-0.1, -0.05) is 11.8 Å². The molecule has 2 rings (SSSR count). The molecule has 6 nitrogen and oxygen atoms in total. The molecule has 0 bridgehead atoms. The monoisotopic (exact) mass is 273 g/mol. The van der Waals surface area contributed by atoms with Gasteiger partial charge in [0.25, 0.3) is 5.22 Å². The molecule has 17 heavy (non-hydrogen) atoms. The predicted molar refractivity (Wildman–Crippen MR) is 61.1 cm³/mol. The lowest BCUT2D eigenvalue weighted by Crippen LogP contribution is -2.07. The summed E-state index contributed by atoms with van der Waals surface area (Å²) in [5.74, 6) is 1.25. The predicted octanol–water partition coefficient (Wildman–Crippen LogP) is 0.662. The van der Waals surface area contributed by atoms with Gasteiger partial charge < -0.3 is 4.42 Å². The van der Waals surface area contributed by atoms with Gasteiger partial charge in [-0.3, -0.25) is 0 Å². The Morgan fingerprint density at radius 2 is 2.35 bits per heavy atom. The molecule has 0 N–H and O–H groups in total. The van der Waals surface area contributed by atoms with Crippen molar-refractivity contribution in [1.82, 2.24) is 10.2 Å². The van der Waals surface area contributed by atoms with E-state index in [9.17, 15) is 8.42 Å². The van der Waals surface area contributed by atoms with Crippen LogP contribution in [0.5, 0.6) is 0 Å². The average Bonchev–Trinajstić information content (AvgIpc) is 2.83. The summed E-state index contributed by atoms with van der Waals surface area (Å²) in [5.41, 5.74) is 0. The number of nitriles is 1. The van der Waals surface area contributed by atoms with Gasteiger partial charge in [-0.15, -0.1) is 10.2 Å². The summed E-state index contributed by atoms with van der Waals surface area (Å²) in [6.45, 7) is 0. The van der Waals surface area contributed by atoms with Crippen molar-refractivity contribution in [3.05, 3.63) is 5.89 Å². The van der Waals surface area contributed by atoms with Gasteiger partial charge in [0.15, 0.2) is 9.84 Å². The van der Waals surface area contributed by atoms with Crippen molar-refractivity contribution in [2.45, 2.75) is 18.1 Å². The smallest absolute Gasteiger partial charge is 0.277 e. The van der Waals surface area contributed by atoms with E-state index >= 15 is 0 Å². The van der Waals surface area contributed by atoms with Gasteiger partial charge in [-0.05, 0) is 12.3 Å². The van der Waals surface area contributed by atoms with Gasteiger partial charge in [0.1, 0.15) is 0 Å². The first-order chi connectivity index (χ1) is 8.09. The van der Waals surface area contributed by atoms with Crippen LogP contribution in [-0.4, -0.2) is 35.9 Å². The molecule has 0 aliphatic carbocycles. The second-order valence-electron chi connectivity index (χ2n) is 3.88. The van der Waals surface area contributed by atoms with Crippen LogP contribution in [0, 0.1) is 17.2 Å². The SMILES string of the molecule is N#CCSc1nnc(C[C@H]2CCS(=O)(=O)C2)o1. The first-order valence-corrected chi connectivity index (χ1v) is 7.92. The minimum Gasteiger partial charge on any atom is -0.416 e. The number of nitrogens with zero attached hydrogens (tertiary/aromatic N) is 3. The molecule has 1 aliphatic rings. The van der Waals surface area contributed by atoms with Crippen LogP contribution in [-0.2, 0) is 16.3 Å². The van der Waals surface area contributed by atoms with E-state index in [-0.39, 0.29) is 23.2 Å². The average molecular weight is 273 g/mol. The van der Waals surface area contributed by atoms with Crippen LogP contribution in [0.1, 0.15) is 12.3 Å². The van der Waals surface area contributed by atoms with E-state index in [0.717, 1.165) is 0 Å². The fourth-order valence-electron chi connectivity index (χ4n) is 1.75. The second-order valence-corrected chi connectivity index (χ2v) is 7.04. The van der Waals surface area contributed by atoms with E-state index in [2.05, 4.69) is 10.2 Å². The number of rotatable bonds is 4. The standard InChI is InChI=1S/C9H11N3O3S2/c10-2-3-16-9-12-11-8(15-9)5-7-1-4-17(13,14)6-7/h7H,1,3-6H2/t7-/m1/s1. The fourth-order valence-corrected chi connectivity index (χ4v) is 4.06. The molecule has 0 radical (unpaired) electrons. The van der Waals surface area contributed by atoms with Crippen LogP contribution in [0.3, 0.4) is 0 Å². The molecule has 0 aromatic carbocycles. The Balaban J connectivity index is 1.92. The van der Waals surface area contributed by atoms with Crippen LogP contribution in [0.25, 0.3) is 0 Å². The summed E-state index contributed by atoms with van der Waals surface area (Å²) >= 11 is 1.18. The van der Waals surface area contributed by atoms with E-state index in [1.165, 1.54) is 11.8 Å². The molecule has 1 aromatic rings. The highest BCUT2D eigenvalue weighted by molar-refractivity contribution is 7.99. The van der Waals surface area contributed by atoms with Crippen molar-refractivity contribution in [3.63, 3.8) is 0 Å². The molecule has 1 saturated heterocycles. The van der Waals surface area contributed by atoms with Gasteiger partial charge in [0, 0.05) is 6.42 Å². The van der Waals surface area contributed by atoms with Crippen LogP contribution in [0.15, 0.2) is 9.64 Å². The van der Waals surface area contributed by atoms with Gasteiger partial charge in [-0.25, -0.2) is 8.42 Å². The maximum atomic E-state index is 11.3. The summed E-state index contributed by atoms with van der Waals surface area (Å²) in [6.07, 6.45) is 1.16. The first-order valence-electron chi connectivity index (χ1n) is 5.11.